The zero-order valence-corrected chi connectivity index (χ0v) is 34.2. The lowest BCUT2D eigenvalue weighted by molar-refractivity contribution is -0.384. The highest BCUT2D eigenvalue weighted by molar-refractivity contribution is 5.95. The normalized spacial score (nSPS) is 12.6. The Labute approximate surface area is 346 Å². The summed E-state index contributed by atoms with van der Waals surface area (Å²) in [6.45, 7) is 6.04. The Balaban J connectivity index is 2.29. The van der Waals surface area contributed by atoms with Crippen LogP contribution in [0, 0.1) is 16.0 Å². The molecule has 0 aliphatic heterocycles. The number of nitrogens with zero attached hydrogens (tertiary/aromatic N) is 1. The van der Waals surface area contributed by atoms with Gasteiger partial charge in [-0.2, -0.15) is 0 Å². The number of rotatable bonds is 25. The second kappa shape index (κ2) is 26.4. The Morgan fingerprint density at radius 2 is 1.08 bits per heavy atom. The standard InChI is InChI=1S/C40H53N5O15/c1-6-57-33(47)21-18-30(43-40(53)60-24-26-11-9-8-10-12-26)37(50)44-35(25(3)4)38(51)41-29(17-20-32(46)56-5)36(49)42-31(19-22-34(48)58-7-2)39(52)59-23-27-13-15-28(16-14-27)45(54)55/h8-16,25,29-31,35H,6-7,17-24H2,1-5H3,(H,41,51)(H,42,49)(H,43,53)(H,44,50)/t29-,30-,31-,35-/m0/s1. The van der Waals surface area contributed by atoms with Crippen molar-refractivity contribution in [2.45, 2.75) is 104 Å². The van der Waals surface area contributed by atoms with Gasteiger partial charge in [0.15, 0.2) is 0 Å². The first-order valence-corrected chi connectivity index (χ1v) is 19.2. The summed E-state index contributed by atoms with van der Waals surface area (Å²) in [5, 5.41) is 21.0. The number of esters is 4. The average molecular weight is 844 g/mol. The zero-order valence-electron chi connectivity index (χ0n) is 34.2. The minimum Gasteiger partial charge on any atom is -0.469 e. The maximum atomic E-state index is 13.8. The Hall–Kier alpha value is -6.60. The number of ether oxygens (including phenoxy) is 5. The molecule has 0 bridgehead atoms. The van der Waals surface area contributed by atoms with E-state index in [0.29, 0.717) is 11.1 Å². The molecule has 0 heterocycles. The van der Waals surface area contributed by atoms with Gasteiger partial charge in [0.25, 0.3) is 5.69 Å². The second-order valence-electron chi connectivity index (χ2n) is 13.4. The summed E-state index contributed by atoms with van der Waals surface area (Å²) >= 11 is 0. The monoisotopic (exact) mass is 843 g/mol. The van der Waals surface area contributed by atoms with Gasteiger partial charge in [0.05, 0.1) is 25.2 Å². The Morgan fingerprint density at radius 1 is 0.600 bits per heavy atom. The smallest absolute Gasteiger partial charge is 0.408 e. The molecule has 0 unspecified atom stereocenters. The van der Waals surface area contributed by atoms with Crippen LogP contribution in [0.2, 0.25) is 0 Å². The molecule has 20 heteroatoms. The lowest BCUT2D eigenvalue weighted by Crippen LogP contribution is -2.59. The van der Waals surface area contributed by atoms with E-state index >= 15 is 0 Å². The molecule has 2 rings (SSSR count). The van der Waals surface area contributed by atoms with Crippen LogP contribution in [0.5, 0.6) is 0 Å². The highest BCUT2D eigenvalue weighted by atomic mass is 16.6. The largest absolute Gasteiger partial charge is 0.469 e. The van der Waals surface area contributed by atoms with E-state index in [1.54, 1.807) is 58.0 Å². The molecular formula is C40H53N5O15. The molecule has 4 N–H and O–H groups in total. The molecule has 60 heavy (non-hydrogen) atoms. The van der Waals surface area contributed by atoms with Crippen LogP contribution >= 0.6 is 0 Å². The summed E-state index contributed by atoms with van der Waals surface area (Å²) in [6.07, 6.45) is -2.78. The molecular weight excluding hydrogens is 790 g/mol. The molecule has 0 aliphatic rings. The van der Waals surface area contributed by atoms with Crippen molar-refractivity contribution in [1.29, 1.82) is 0 Å². The average Bonchev–Trinajstić information content (AvgIpc) is 3.22. The van der Waals surface area contributed by atoms with E-state index in [4.69, 9.17) is 23.7 Å². The molecule has 2 aromatic rings. The van der Waals surface area contributed by atoms with Gasteiger partial charge in [-0.25, -0.2) is 9.59 Å². The van der Waals surface area contributed by atoms with Crippen molar-refractivity contribution in [3.63, 3.8) is 0 Å². The molecule has 0 aromatic heterocycles. The Bertz CT molecular complexity index is 1770. The molecule has 0 fully saturated rings. The highest BCUT2D eigenvalue weighted by Gasteiger charge is 2.34. The number of nitro groups is 1. The van der Waals surface area contributed by atoms with Gasteiger partial charge in [-0.05, 0) is 62.3 Å². The van der Waals surface area contributed by atoms with Gasteiger partial charge < -0.3 is 45.0 Å². The fraction of sp³-hybridized carbons (Fsp3) is 0.500. The summed E-state index contributed by atoms with van der Waals surface area (Å²) in [4.78, 5) is 114. The Kier molecular flexibility index (Phi) is 21.8. The van der Waals surface area contributed by atoms with Crippen LogP contribution in [0.4, 0.5) is 10.5 Å². The number of alkyl carbamates (subject to hydrolysis) is 1. The van der Waals surface area contributed by atoms with Crippen molar-refractivity contribution in [1.82, 2.24) is 21.3 Å². The number of nitro benzene ring substituents is 1. The van der Waals surface area contributed by atoms with Gasteiger partial charge in [0.1, 0.15) is 37.4 Å². The van der Waals surface area contributed by atoms with Crippen molar-refractivity contribution in [2.75, 3.05) is 20.3 Å². The molecule has 0 radical (unpaired) electrons. The van der Waals surface area contributed by atoms with Crippen molar-refractivity contribution >= 4 is 53.4 Å². The number of benzene rings is 2. The van der Waals surface area contributed by atoms with Crippen LogP contribution in [-0.2, 0) is 70.5 Å². The molecule has 4 amide bonds. The molecule has 2 aromatic carbocycles. The fourth-order valence-corrected chi connectivity index (χ4v) is 5.34. The van der Waals surface area contributed by atoms with Gasteiger partial charge in [-0.3, -0.25) is 38.9 Å². The van der Waals surface area contributed by atoms with E-state index in [2.05, 4.69) is 21.3 Å². The van der Waals surface area contributed by atoms with Crippen LogP contribution in [0.3, 0.4) is 0 Å². The Morgan fingerprint density at radius 3 is 1.62 bits per heavy atom. The second-order valence-corrected chi connectivity index (χ2v) is 13.4. The van der Waals surface area contributed by atoms with E-state index in [9.17, 15) is 48.5 Å². The van der Waals surface area contributed by atoms with Crippen LogP contribution in [0.1, 0.15) is 77.3 Å². The van der Waals surface area contributed by atoms with E-state index in [1.165, 1.54) is 24.3 Å². The number of nitrogens with one attached hydrogen (secondary N) is 4. The quantitative estimate of drug-likeness (QED) is 0.0484. The van der Waals surface area contributed by atoms with Crippen LogP contribution < -0.4 is 21.3 Å². The van der Waals surface area contributed by atoms with Crippen LogP contribution in [0.25, 0.3) is 0 Å². The van der Waals surface area contributed by atoms with E-state index in [-0.39, 0.29) is 70.6 Å². The molecule has 0 saturated heterocycles. The topological polar surface area (TPSA) is 274 Å². The zero-order chi connectivity index (χ0) is 44.6. The molecule has 328 valence electrons. The summed E-state index contributed by atoms with van der Waals surface area (Å²) in [6, 6.07) is 8.21. The minimum absolute atomic E-state index is 0.0518. The third kappa shape index (κ3) is 18.3. The highest BCUT2D eigenvalue weighted by Crippen LogP contribution is 2.14. The van der Waals surface area contributed by atoms with Crippen LogP contribution in [-0.4, -0.2) is 97.1 Å². The minimum atomic E-state index is -1.51. The van der Waals surface area contributed by atoms with Crippen molar-refractivity contribution in [3.05, 3.63) is 75.8 Å². The van der Waals surface area contributed by atoms with Gasteiger partial charge in [0.2, 0.25) is 17.7 Å². The van der Waals surface area contributed by atoms with E-state index < -0.39 is 82.7 Å². The van der Waals surface area contributed by atoms with Crippen molar-refractivity contribution in [3.8, 4) is 0 Å². The van der Waals surface area contributed by atoms with E-state index in [0.717, 1.165) is 7.11 Å². The molecule has 0 spiro atoms. The van der Waals surface area contributed by atoms with Crippen molar-refractivity contribution < 1.29 is 67.0 Å². The first-order valence-electron chi connectivity index (χ1n) is 19.2. The number of non-ortho nitro benzene ring substituents is 1. The number of amides is 4. The fourth-order valence-electron chi connectivity index (χ4n) is 5.34. The molecule has 0 saturated carbocycles. The maximum absolute atomic E-state index is 13.8. The lowest BCUT2D eigenvalue weighted by Gasteiger charge is -2.28. The predicted octanol–water partition coefficient (Wildman–Crippen LogP) is 2.68. The van der Waals surface area contributed by atoms with Gasteiger partial charge in [0, 0.05) is 31.4 Å². The summed E-state index contributed by atoms with van der Waals surface area (Å²) in [5.74, 6) is -6.36. The number of carbonyl (C=O) groups excluding carboxylic acids is 8. The summed E-state index contributed by atoms with van der Waals surface area (Å²) in [7, 11) is 1.12. The third-order valence-electron chi connectivity index (χ3n) is 8.58. The van der Waals surface area contributed by atoms with Gasteiger partial charge >= 0.3 is 30.0 Å². The molecule has 4 atom stereocenters. The van der Waals surface area contributed by atoms with Crippen LogP contribution in [0.15, 0.2) is 54.6 Å². The number of hydrogen-bond donors (Lipinski definition) is 4. The first-order chi connectivity index (χ1) is 28.6. The summed E-state index contributed by atoms with van der Waals surface area (Å²) < 4.78 is 25.2. The van der Waals surface area contributed by atoms with Crippen molar-refractivity contribution in [2.24, 2.45) is 5.92 Å². The maximum Gasteiger partial charge on any atom is 0.408 e. The third-order valence-corrected chi connectivity index (χ3v) is 8.58. The lowest BCUT2D eigenvalue weighted by atomic mass is 10.0. The number of methoxy groups -OCH3 is 1. The SMILES string of the molecule is CCOC(=O)CC[C@H](NC(=O)OCc1ccccc1)C(=O)N[C@H](C(=O)N[C@@H](CCC(=O)OC)C(=O)N[C@@H](CCC(=O)OCC)C(=O)OCc1ccc([N+](=O)[O-])cc1)C(C)C. The van der Waals surface area contributed by atoms with Gasteiger partial charge in [-0.15, -0.1) is 0 Å². The summed E-state index contributed by atoms with van der Waals surface area (Å²) in [5.41, 5.74) is 0.873. The number of hydrogen-bond acceptors (Lipinski definition) is 15. The van der Waals surface area contributed by atoms with E-state index in [1.807, 2.05) is 0 Å². The van der Waals surface area contributed by atoms with Gasteiger partial charge in [-0.1, -0.05) is 44.2 Å². The number of carbonyl (C=O) groups is 8. The molecule has 20 nitrogen and oxygen atoms in total. The predicted molar refractivity (Wildman–Crippen MR) is 210 cm³/mol. The first kappa shape index (κ1) is 49.5. The molecule has 0 aliphatic carbocycles.